The van der Waals surface area contributed by atoms with Gasteiger partial charge < -0.3 is 20.3 Å². The number of hydrogen-bond donors (Lipinski definition) is 3. The van der Waals surface area contributed by atoms with E-state index in [0.29, 0.717) is 25.9 Å². The average molecular weight is 836 g/mol. The molecule has 0 aromatic carbocycles. The summed E-state index contributed by atoms with van der Waals surface area (Å²) in [5.41, 5.74) is 0. The largest absolute Gasteiger partial charge is 0.466 e. The summed E-state index contributed by atoms with van der Waals surface area (Å²) in [6, 6.07) is -0.547. The SMILES string of the molecule is CCCCCCCCCCCCCCCCCCCC(O)C(CO)NC(=O)CCCCCCCCCCCCCCCCOC(=O)CCCCCCCCCCCCC. The molecular formula is C53H105NO5. The maximum absolute atomic E-state index is 12.5. The second-order valence-corrected chi connectivity index (χ2v) is 18.6. The Morgan fingerprint density at radius 2 is 0.695 bits per heavy atom. The van der Waals surface area contributed by atoms with Crippen molar-refractivity contribution >= 4 is 11.9 Å². The van der Waals surface area contributed by atoms with E-state index in [0.717, 1.165) is 51.4 Å². The molecule has 0 aliphatic carbocycles. The van der Waals surface area contributed by atoms with Crippen molar-refractivity contribution in [3.05, 3.63) is 0 Å². The molecular weight excluding hydrogens is 731 g/mol. The van der Waals surface area contributed by atoms with Gasteiger partial charge in [-0.25, -0.2) is 0 Å². The lowest BCUT2D eigenvalue weighted by Crippen LogP contribution is -2.45. The first-order chi connectivity index (χ1) is 29.0. The minimum atomic E-state index is -0.669. The number of amides is 1. The fourth-order valence-corrected chi connectivity index (χ4v) is 8.52. The van der Waals surface area contributed by atoms with Crippen LogP contribution in [0.2, 0.25) is 0 Å². The summed E-state index contributed by atoms with van der Waals surface area (Å²) < 4.78 is 5.45. The van der Waals surface area contributed by atoms with Gasteiger partial charge in [0.1, 0.15) is 0 Å². The van der Waals surface area contributed by atoms with Crippen molar-refractivity contribution in [3.8, 4) is 0 Å². The number of unbranched alkanes of at least 4 members (excludes halogenated alkanes) is 39. The topological polar surface area (TPSA) is 95.9 Å². The van der Waals surface area contributed by atoms with Gasteiger partial charge in [-0.15, -0.1) is 0 Å². The molecule has 0 spiro atoms. The third-order valence-corrected chi connectivity index (χ3v) is 12.7. The van der Waals surface area contributed by atoms with Gasteiger partial charge in [0, 0.05) is 12.8 Å². The smallest absolute Gasteiger partial charge is 0.305 e. The minimum absolute atomic E-state index is 0.00165. The molecule has 0 aromatic heterocycles. The molecule has 2 unspecified atom stereocenters. The number of carbonyl (C=O) groups is 2. The fourth-order valence-electron chi connectivity index (χ4n) is 8.52. The van der Waals surface area contributed by atoms with Crippen LogP contribution in [0.3, 0.4) is 0 Å². The molecule has 1 amide bonds. The lowest BCUT2D eigenvalue weighted by atomic mass is 10.0. The van der Waals surface area contributed by atoms with E-state index in [1.807, 2.05) is 0 Å². The highest BCUT2D eigenvalue weighted by Crippen LogP contribution is 2.17. The number of aliphatic hydroxyl groups excluding tert-OH is 2. The summed E-state index contributed by atoms with van der Waals surface area (Å²) in [6.07, 6.45) is 55.0. The van der Waals surface area contributed by atoms with E-state index < -0.39 is 12.1 Å². The molecule has 0 aliphatic heterocycles. The van der Waals surface area contributed by atoms with Gasteiger partial charge in [0.2, 0.25) is 5.91 Å². The van der Waals surface area contributed by atoms with E-state index >= 15 is 0 Å². The normalized spacial score (nSPS) is 12.5. The van der Waals surface area contributed by atoms with Gasteiger partial charge in [-0.3, -0.25) is 9.59 Å². The molecule has 59 heavy (non-hydrogen) atoms. The van der Waals surface area contributed by atoms with Crippen LogP contribution < -0.4 is 5.32 Å². The second kappa shape index (κ2) is 49.5. The van der Waals surface area contributed by atoms with Crippen molar-refractivity contribution in [3.63, 3.8) is 0 Å². The molecule has 0 radical (unpaired) electrons. The minimum Gasteiger partial charge on any atom is -0.466 e. The Kier molecular flexibility index (Phi) is 48.6. The van der Waals surface area contributed by atoms with E-state index in [4.69, 9.17) is 4.74 Å². The third-order valence-electron chi connectivity index (χ3n) is 12.7. The van der Waals surface area contributed by atoms with Gasteiger partial charge in [-0.05, 0) is 25.7 Å². The van der Waals surface area contributed by atoms with Crippen molar-refractivity contribution < 1.29 is 24.5 Å². The van der Waals surface area contributed by atoms with Crippen LogP contribution in [0.4, 0.5) is 0 Å². The summed E-state index contributed by atoms with van der Waals surface area (Å²) in [5, 5.41) is 23.3. The van der Waals surface area contributed by atoms with Crippen LogP contribution in [0, 0.1) is 0 Å². The van der Waals surface area contributed by atoms with Crippen LogP contribution in [-0.2, 0) is 14.3 Å². The Morgan fingerprint density at radius 3 is 1.03 bits per heavy atom. The average Bonchev–Trinajstić information content (AvgIpc) is 3.24. The standard InChI is InChI=1S/C53H105NO5/c1-3-5-7-9-11-13-15-16-17-18-19-22-26-29-33-37-41-45-51(56)50(49-55)54-52(57)46-42-38-34-30-27-23-20-21-24-28-32-36-40-44-48-59-53(58)47-43-39-35-31-25-14-12-10-8-6-4-2/h50-51,55-56H,3-49H2,1-2H3,(H,54,57). The Balaban J connectivity index is 3.44. The van der Waals surface area contributed by atoms with E-state index in [-0.39, 0.29) is 18.5 Å². The molecule has 0 aromatic rings. The fraction of sp³-hybridized carbons (Fsp3) is 0.962. The molecule has 0 rings (SSSR count). The van der Waals surface area contributed by atoms with Crippen LogP contribution in [0.1, 0.15) is 303 Å². The molecule has 0 saturated heterocycles. The predicted molar refractivity (Wildman–Crippen MR) is 255 cm³/mol. The second-order valence-electron chi connectivity index (χ2n) is 18.6. The first-order valence-electron chi connectivity index (χ1n) is 26.8. The van der Waals surface area contributed by atoms with Crippen molar-refractivity contribution in [2.75, 3.05) is 13.2 Å². The summed E-state index contributed by atoms with van der Waals surface area (Å²) in [4.78, 5) is 24.4. The van der Waals surface area contributed by atoms with Gasteiger partial charge >= 0.3 is 5.97 Å². The molecule has 0 fully saturated rings. The van der Waals surface area contributed by atoms with Gasteiger partial charge in [-0.1, -0.05) is 264 Å². The lowest BCUT2D eigenvalue weighted by molar-refractivity contribution is -0.143. The molecule has 3 N–H and O–H groups in total. The zero-order chi connectivity index (χ0) is 43.0. The number of carbonyl (C=O) groups excluding carboxylic acids is 2. The maximum Gasteiger partial charge on any atom is 0.305 e. The van der Waals surface area contributed by atoms with Crippen LogP contribution in [0.15, 0.2) is 0 Å². The molecule has 6 heteroatoms. The Morgan fingerprint density at radius 1 is 0.407 bits per heavy atom. The molecule has 0 heterocycles. The summed E-state index contributed by atoms with van der Waals surface area (Å²) in [7, 11) is 0. The highest BCUT2D eigenvalue weighted by molar-refractivity contribution is 5.76. The van der Waals surface area contributed by atoms with Gasteiger partial charge in [-0.2, -0.15) is 0 Å². The Hall–Kier alpha value is -1.14. The van der Waals surface area contributed by atoms with Crippen LogP contribution in [0.25, 0.3) is 0 Å². The molecule has 6 nitrogen and oxygen atoms in total. The van der Waals surface area contributed by atoms with E-state index in [1.165, 1.54) is 218 Å². The number of ether oxygens (including phenoxy) is 1. The van der Waals surface area contributed by atoms with E-state index in [9.17, 15) is 19.8 Å². The van der Waals surface area contributed by atoms with Gasteiger partial charge in [0.05, 0.1) is 25.4 Å². The van der Waals surface area contributed by atoms with Crippen molar-refractivity contribution in [1.29, 1.82) is 0 Å². The number of hydrogen-bond acceptors (Lipinski definition) is 5. The van der Waals surface area contributed by atoms with Crippen LogP contribution in [-0.4, -0.2) is 47.4 Å². The lowest BCUT2D eigenvalue weighted by Gasteiger charge is -2.22. The highest BCUT2D eigenvalue weighted by atomic mass is 16.5. The van der Waals surface area contributed by atoms with Crippen LogP contribution in [0.5, 0.6) is 0 Å². The van der Waals surface area contributed by atoms with E-state index in [1.54, 1.807) is 0 Å². The Bertz CT molecular complexity index is 837. The third kappa shape index (κ3) is 46.2. The zero-order valence-electron chi connectivity index (χ0n) is 40.0. The summed E-state index contributed by atoms with van der Waals surface area (Å²) in [5.74, 6) is -0.0443. The van der Waals surface area contributed by atoms with Crippen molar-refractivity contribution in [1.82, 2.24) is 5.32 Å². The number of rotatable bonds is 50. The molecule has 0 bridgehead atoms. The molecule has 352 valence electrons. The van der Waals surface area contributed by atoms with E-state index in [2.05, 4.69) is 19.2 Å². The van der Waals surface area contributed by atoms with Gasteiger partial charge in [0.25, 0.3) is 0 Å². The monoisotopic (exact) mass is 836 g/mol. The molecule has 0 aliphatic rings. The summed E-state index contributed by atoms with van der Waals surface area (Å²) in [6.45, 7) is 4.94. The number of nitrogens with one attached hydrogen (secondary N) is 1. The van der Waals surface area contributed by atoms with Crippen molar-refractivity contribution in [2.24, 2.45) is 0 Å². The first-order valence-corrected chi connectivity index (χ1v) is 26.8. The zero-order valence-corrected chi connectivity index (χ0v) is 40.0. The van der Waals surface area contributed by atoms with Crippen LogP contribution >= 0.6 is 0 Å². The number of esters is 1. The highest BCUT2D eigenvalue weighted by Gasteiger charge is 2.20. The Labute approximate surface area is 368 Å². The van der Waals surface area contributed by atoms with Gasteiger partial charge in [0.15, 0.2) is 0 Å². The quantitative estimate of drug-likeness (QED) is 0.0419. The first kappa shape index (κ1) is 57.9. The maximum atomic E-state index is 12.5. The van der Waals surface area contributed by atoms with Crippen molar-refractivity contribution in [2.45, 2.75) is 315 Å². The summed E-state index contributed by atoms with van der Waals surface area (Å²) >= 11 is 0. The predicted octanol–water partition coefficient (Wildman–Crippen LogP) is 16.0. The molecule has 0 saturated carbocycles. The molecule has 2 atom stereocenters. The number of aliphatic hydroxyl groups is 2.